The average molecular weight is 317 g/mol. The Hall–Kier alpha value is -1.35. The molecule has 1 fully saturated rings. The Bertz CT molecular complexity index is 487. The highest BCUT2D eigenvalue weighted by Crippen LogP contribution is 2.31. The summed E-state index contributed by atoms with van der Waals surface area (Å²) in [6.07, 6.45) is 5.14. The number of carboxylic acid groups (broad SMARTS) is 1. The molecule has 0 aromatic heterocycles. The van der Waals surface area contributed by atoms with Gasteiger partial charge in [0.2, 0.25) is 0 Å². The van der Waals surface area contributed by atoms with E-state index in [2.05, 4.69) is 49.9 Å². The Labute approximate surface area is 140 Å². The van der Waals surface area contributed by atoms with Gasteiger partial charge in [-0.15, -0.1) is 0 Å². The Morgan fingerprint density at radius 3 is 2.22 bits per heavy atom. The van der Waals surface area contributed by atoms with Crippen LogP contribution in [0.2, 0.25) is 0 Å². The molecule has 1 N–H and O–H groups in total. The molecule has 128 valence electrons. The molecule has 3 nitrogen and oxygen atoms in total. The van der Waals surface area contributed by atoms with Crippen molar-refractivity contribution in [1.29, 1.82) is 0 Å². The topological polar surface area (TPSA) is 40.5 Å². The monoisotopic (exact) mass is 317 g/mol. The van der Waals surface area contributed by atoms with E-state index in [9.17, 15) is 9.90 Å². The Morgan fingerprint density at radius 2 is 1.74 bits per heavy atom. The highest BCUT2D eigenvalue weighted by Gasteiger charge is 2.28. The van der Waals surface area contributed by atoms with E-state index in [1.807, 2.05) is 0 Å². The minimum atomic E-state index is -0.629. The number of aliphatic carboxylic acids is 1. The largest absolute Gasteiger partial charge is 0.481 e. The van der Waals surface area contributed by atoms with E-state index < -0.39 is 5.97 Å². The fraction of sp³-hybridized carbons (Fsp3) is 0.650. The van der Waals surface area contributed by atoms with E-state index in [1.165, 1.54) is 24.0 Å². The van der Waals surface area contributed by atoms with Crippen molar-refractivity contribution in [2.24, 2.45) is 5.92 Å². The van der Waals surface area contributed by atoms with Gasteiger partial charge < -0.3 is 5.11 Å². The fourth-order valence-corrected chi connectivity index (χ4v) is 3.52. The van der Waals surface area contributed by atoms with Gasteiger partial charge in [0.05, 0.1) is 5.92 Å². The summed E-state index contributed by atoms with van der Waals surface area (Å²) in [4.78, 5) is 13.7. The van der Waals surface area contributed by atoms with E-state index in [0.29, 0.717) is 12.0 Å². The van der Waals surface area contributed by atoms with Crippen molar-refractivity contribution in [1.82, 2.24) is 4.90 Å². The molecule has 1 aromatic carbocycles. The third kappa shape index (κ3) is 4.81. The molecular formula is C20H31NO2. The molecule has 0 saturated carbocycles. The number of unbranched alkanes of at least 4 members (excludes halogenated alkanes) is 1. The number of hydrogen-bond acceptors (Lipinski definition) is 2. The Kier molecular flexibility index (Phi) is 6.64. The maximum Gasteiger partial charge on any atom is 0.306 e. The van der Waals surface area contributed by atoms with Crippen LogP contribution in [0.1, 0.15) is 76.0 Å². The second-order valence-electron chi connectivity index (χ2n) is 7.13. The lowest BCUT2D eigenvalue weighted by atomic mass is 9.91. The Morgan fingerprint density at radius 1 is 1.17 bits per heavy atom. The van der Waals surface area contributed by atoms with Crippen LogP contribution in [-0.2, 0) is 4.79 Å². The maximum absolute atomic E-state index is 11.2. The number of piperidine rings is 1. The highest BCUT2D eigenvalue weighted by atomic mass is 16.4. The minimum Gasteiger partial charge on any atom is -0.481 e. The molecule has 0 amide bonds. The van der Waals surface area contributed by atoms with Crippen molar-refractivity contribution in [3.63, 3.8) is 0 Å². The zero-order valence-electron chi connectivity index (χ0n) is 14.8. The van der Waals surface area contributed by atoms with Gasteiger partial charge in [-0.1, -0.05) is 57.9 Å². The van der Waals surface area contributed by atoms with Crippen LogP contribution in [0.25, 0.3) is 0 Å². The highest BCUT2D eigenvalue weighted by molar-refractivity contribution is 5.70. The second kappa shape index (κ2) is 8.49. The van der Waals surface area contributed by atoms with Crippen molar-refractivity contribution < 1.29 is 9.90 Å². The van der Waals surface area contributed by atoms with E-state index in [-0.39, 0.29) is 5.92 Å². The van der Waals surface area contributed by atoms with Crippen molar-refractivity contribution in [3.8, 4) is 0 Å². The molecule has 0 bridgehead atoms. The summed E-state index contributed by atoms with van der Waals surface area (Å²) >= 11 is 0. The molecule has 3 heteroatoms. The number of nitrogens with zero attached hydrogens (tertiary/aromatic N) is 1. The zero-order valence-corrected chi connectivity index (χ0v) is 14.8. The molecule has 1 aromatic rings. The van der Waals surface area contributed by atoms with Gasteiger partial charge in [0.15, 0.2) is 0 Å². The summed E-state index contributed by atoms with van der Waals surface area (Å²) < 4.78 is 0. The first-order valence-corrected chi connectivity index (χ1v) is 9.09. The van der Waals surface area contributed by atoms with Crippen LogP contribution in [-0.4, -0.2) is 29.1 Å². The molecule has 1 saturated heterocycles. The predicted molar refractivity (Wildman–Crippen MR) is 94.7 cm³/mol. The molecule has 1 aliphatic heterocycles. The van der Waals surface area contributed by atoms with Crippen molar-refractivity contribution in [2.45, 2.75) is 64.8 Å². The lowest BCUT2D eigenvalue weighted by molar-refractivity contribution is -0.143. The van der Waals surface area contributed by atoms with Gasteiger partial charge in [-0.2, -0.15) is 0 Å². The predicted octanol–water partition coefficient (Wildman–Crippen LogP) is 4.84. The van der Waals surface area contributed by atoms with Gasteiger partial charge >= 0.3 is 5.97 Å². The first-order valence-electron chi connectivity index (χ1n) is 9.09. The summed E-state index contributed by atoms with van der Waals surface area (Å²) in [7, 11) is 0. The number of benzene rings is 1. The third-order valence-electron chi connectivity index (χ3n) is 5.14. The van der Waals surface area contributed by atoms with Crippen LogP contribution in [0.15, 0.2) is 24.3 Å². The zero-order chi connectivity index (χ0) is 16.8. The lowest BCUT2D eigenvalue weighted by Gasteiger charge is -2.37. The van der Waals surface area contributed by atoms with Crippen LogP contribution in [0.5, 0.6) is 0 Å². The number of hydrogen-bond donors (Lipinski definition) is 1. The van der Waals surface area contributed by atoms with Gasteiger partial charge in [0, 0.05) is 6.04 Å². The van der Waals surface area contributed by atoms with Crippen molar-refractivity contribution in [2.75, 3.05) is 13.1 Å². The van der Waals surface area contributed by atoms with Crippen molar-refractivity contribution in [3.05, 3.63) is 35.4 Å². The summed E-state index contributed by atoms with van der Waals surface area (Å²) in [5.41, 5.74) is 2.77. The van der Waals surface area contributed by atoms with E-state index >= 15 is 0 Å². The summed E-state index contributed by atoms with van der Waals surface area (Å²) in [6, 6.07) is 9.50. The van der Waals surface area contributed by atoms with Crippen LogP contribution in [0.3, 0.4) is 0 Å². The number of rotatable bonds is 7. The first kappa shape index (κ1) is 18.0. The smallest absolute Gasteiger partial charge is 0.306 e. The van der Waals surface area contributed by atoms with Crippen LogP contribution < -0.4 is 0 Å². The van der Waals surface area contributed by atoms with Gasteiger partial charge in [0.25, 0.3) is 0 Å². The quantitative estimate of drug-likeness (QED) is 0.782. The molecule has 0 aliphatic carbocycles. The lowest BCUT2D eigenvalue weighted by Crippen LogP contribution is -2.38. The van der Waals surface area contributed by atoms with E-state index in [0.717, 1.165) is 32.4 Å². The second-order valence-corrected chi connectivity index (χ2v) is 7.13. The van der Waals surface area contributed by atoms with E-state index in [4.69, 9.17) is 0 Å². The molecule has 2 rings (SSSR count). The minimum absolute atomic E-state index is 0.151. The number of carboxylic acids is 1. The fourth-order valence-electron chi connectivity index (χ4n) is 3.52. The molecule has 1 unspecified atom stereocenters. The molecule has 1 heterocycles. The van der Waals surface area contributed by atoms with Gasteiger partial charge in [-0.05, 0) is 49.4 Å². The number of carbonyl (C=O) groups is 1. The molecule has 23 heavy (non-hydrogen) atoms. The summed E-state index contributed by atoms with van der Waals surface area (Å²) in [5.74, 6) is -0.220. The summed E-state index contributed by atoms with van der Waals surface area (Å²) in [6.45, 7) is 8.48. The summed E-state index contributed by atoms with van der Waals surface area (Å²) in [5, 5.41) is 9.19. The van der Waals surface area contributed by atoms with Gasteiger partial charge in [-0.3, -0.25) is 9.69 Å². The first-order chi connectivity index (χ1) is 11.0. The normalized spacial score (nSPS) is 18.3. The van der Waals surface area contributed by atoms with Crippen LogP contribution in [0.4, 0.5) is 0 Å². The number of likely N-dealkylation sites (tertiary alicyclic amines) is 1. The molecule has 1 aliphatic rings. The molecule has 1 atom stereocenters. The maximum atomic E-state index is 11.2. The van der Waals surface area contributed by atoms with E-state index in [1.54, 1.807) is 0 Å². The van der Waals surface area contributed by atoms with Gasteiger partial charge in [0.1, 0.15) is 0 Å². The molecule has 0 spiro atoms. The standard InChI is InChI=1S/C20H31NO2/c1-4-5-6-19(17-9-7-16(8-10-17)15(2)3)21-13-11-18(12-14-21)20(22)23/h7-10,15,18-19H,4-6,11-14H2,1-3H3,(H,22,23). The Balaban J connectivity index is 2.09. The van der Waals surface area contributed by atoms with Crippen molar-refractivity contribution >= 4 is 5.97 Å². The van der Waals surface area contributed by atoms with Gasteiger partial charge in [-0.25, -0.2) is 0 Å². The molecular weight excluding hydrogens is 286 g/mol. The third-order valence-corrected chi connectivity index (χ3v) is 5.14. The van der Waals surface area contributed by atoms with Crippen LogP contribution >= 0.6 is 0 Å². The van der Waals surface area contributed by atoms with Crippen LogP contribution in [0, 0.1) is 5.92 Å². The average Bonchev–Trinajstić information content (AvgIpc) is 2.56. The SMILES string of the molecule is CCCCC(c1ccc(C(C)C)cc1)N1CCC(C(=O)O)CC1. The molecule has 0 radical (unpaired) electrons.